The van der Waals surface area contributed by atoms with Gasteiger partial charge in [-0.15, -0.1) is 0 Å². The van der Waals surface area contributed by atoms with Crippen LogP contribution < -0.4 is 10.6 Å². The predicted molar refractivity (Wildman–Crippen MR) is 75.1 cm³/mol. The average Bonchev–Trinajstić information content (AvgIpc) is 2.46. The zero-order chi connectivity index (χ0) is 13.7. The lowest BCUT2D eigenvalue weighted by Gasteiger charge is -2.28. The third-order valence-electron chi connectivity index (χ3n) is 3.56. The molecule has 1 aromatic carbocycles. The molecule has 4 nitrogen and oxygen atoms in total. The molecular formula is C15H22N2O2. The van der Waals surface area contributed by atoms with Crippen LogP contribution in [-0.2, 0) is 14.9 Å². The van der Waals surface area contributed by atoms with Gasteiger partial charge in [0.25, 0.3) is 0 Å². The molecule has 1 fully saturated rings. The molecular weight excluding hydrogens is 240 g/mol. The van der Waals surface area contributed by atoms with E-state index in [0.29, 0.717) is 13.2 Å². The number of morpholine rings is 1. The van der Waals surface area contributed by atoms with Crippen molar-refractivity contribution in [2.45, 2.75) is 25.4 Å². The molecule has 1 heterocycles. The van der Waals surface area contributed by atoms with Gasteiger partial charge in [-0.05, 0) is 19.4 Å². The van der Waals surface area contributed by atoms with E-state index >= 15 is 0 Å². The fourth-order valence-corrected chi connectivity index (χ4v) is 2.16. The minimum atomic E-state index is -0.524. The molecule has 1 amide bonds. The van der Waals surface area contributed by atoms with Crippen molar-refractivity contribution < 1.29 is 9.53 Å². The molecule has 0 radical (unpaired) electrons. The molecule has 2 N–H and O–H groups in total. The Morgan fingerprint density at radius 2 is 2.16 bits per heavy atom. The monoisotopic (exact) mass is 262 g/mol. The van der Waals surface area contributed by atoms with E-state index in [9.17, 15) is 4.79 Å². The highest BCUT2D eigenvalue weighted by Gasteiger charge is 2.29. The van der Waals surface area contributed by atoms with Crippen molar-refractivity contribution in [3.63, 3.8) is 0 Å². The highest BCUT2D eigenvalue weighted by Crippen LogP contribution is 2.22. The summed E-state index contributed by atoms with van der Waals surface area (Å²) in [6.07, 6.45) is 0.0734. The van der Waals surface area contributed by atoms with Crippen molar-refractivity contribution in [3.8, 4) is 0 Å². The van der Waals surface area contributed by atoms with Gasteiger partial charge in [0.05, 0.1) is 18.1 Å². The first-order chi connectivity index (χ1) is 9.10. The maximum atomic E-state index is 12.3. The zero-order valence-corrected chi connectivity index (χ0v) is 11.6. The summed E-state index contributed by atoms with van der Waals surface area (Å²) in [5, 5.41) is 6.24. The van der Waals surface area contributed by atoms with E-state index in [1.807, 2.05) is 44.2 Å². The molecule has 1 aliphatic heterocycles. The topological polar surface area (TPSA) is 50.4 Å². The third-order valence-corrected chi connectivity index (χ3v) is 3.56. The summed E-state index contributed by atoms with van der Waals surface area (Å²) in [6.45, 7) is 6.84. The zero-order valence-electron chi connectivity index (χ0n) is 11.6. The van der Waals surface area contributed by atoms with E-state index in [0.717, 1.165) is 18.7 Å². The molecule has 4 heteroatoms. The number of carbonyl (C=O) groups is 1. The standard InChI is InChI=1S/C15H22N2O2/c1-15(2,12-6-4-3-5-7-12)14(18)17-11-13-10-16-8-9-19-13/h3-7,13,16H,8-11H2,1-2H3,(H,17,18). The number of amides is 1. The second-order valence-electron chi connectivity index (χ2n) is 5.40. The van der Waals surface area contributed by atoms with Crippen LogP contribution in [0.5, 0.6) is 0 Å². The Kier molecular flexibility index (Phi) is 4.56. The van der Waals surface area contributed by atoms with Gasteiger partial charge in [-0.3, -0.25) is 4.79 Å². The largest absolute Gasteiger partial charge is 0.374 e. The second kappa shape index (κ2) is 6.17. The Hall–Kier alpha value is -1.39. The lowest BCUT2D eigenvalue weighted by Crippen LogP contribution is -2.48. The van der Waals surface area contributed by atoms with Crippen LogP contribution in [0.15, 0.2) is 30.3 Å². The second-order valence-corrected chi connectivity index (χ2v) is 5.40. The SMILES string of the molecule is CC(C)(C(=O)NCC1CNCCO1)c1ccccc1. The lowest BCUT2D eigenvalue weighted by atomic mass is 9.84. The first-order valence-electron chi connectivity index (χ1n) is 6.77. The van der Waals surface area contributed by atoms with Crippen LogP contribution in [-0.4, -0.2) is 38.3 Å². The van der Waals surface area contributed by atoms with Crippen molar-refractivity contribution in [2.24, 2.45) is 0 Å². The van der Waals surface area contributed by atoms with Crippen LogP contribution in [0.4, 0.5) is 0 Å². The van der Waals surface area contributed by atoms with Gasteiger partial charge in [-0.2, -0.15) is 0 Å². The molecule has 0 saturated carbocycles. The molecule has 104 valence electrons. The third kappa shape index (κ3) is 3.55. The molecule has 19 heavy (non-hydrogen) atoms. The smallest absolute Gasteiger partial charge is 0.230 e. The van der Waals surface area contributed by atoms with Gasteiger partial charge in [0.15, 0.2) is 0 Å². The van der Waals surface area contributed by atoms with E-state index in [-0.39, 0.29) is 12.0 Å². The van der Waals surface area contributed by atoms with E-state index in [4.69, 9.17) is 4.74 Å². The predicted octanol–water partition coefficient (Wildman–Crippen LogP) is 1.07. The minimum absolute atomic E-state index is 0.0351. The molecule has 1 atom stereocenters. The van der Waals surface area contributed by atoms with Crippen molar-refractivity contribution in [2.75, 3.05) is 26.2 Å². The van der Waals surface area contributed by atoms with Crippen molar-refractivity contribution in [1.29, 1.82) is 0 Å². The number of rotatable bonds is 4. The van der Waals surface area contributed by atoms with Crippen molar-refractivity contribution >= 4 is 5.91 Å². The maximum Gasteiger partial charge on any atom is 0.230 e. The Balaban J connectivity index is 1.91. The van der Waals surface area contributed by atoms with Crippen LogP contribution in [0.1, 0.15) is 19.4 Å². The number of carbonyl (C=O) groups excluding carboxylic acids is 1. The number of hydrogen-bond donors (Lipinski definition) is 2. The molecule has 0 bridgehead atoms. The van der Waals surface area contributed by atoms with Gasteiger partial charge < -0.3 is 15.4 Å². The first-order valence-corrected chi connectivity index (χ1v) is 6.77. The molecule has 2 rings (SSSR count). The summed E-state index contributed by atoms with van der Waals surface area (Å²) in [5.41, 5.74) is 0.499. The van der Waals surface area contributed by atoms with Gasteiger partial charge >= 0.3 is 0 Å². The molecule has 1 aliphatic rings. The number of ether oxygens (including phenoxy) is 1. The van der Waals surface area contributed by atoms with Gasteiger partial charge in [-0.1, -0.05) is 30.3 Å². The normalized spacial score (nSPS) is 20.0. The number of nitrogens with one attached hydrogen (secondary N) is 2. The Morgan fingerprint density at radius 3 is 2.79 bits per heavy atom. The first kappa shape index (κ1) is 14.0. The fraction of sp³-hybridized carbons (Fsp3) is 0.533. The summed E-state index contributed by atoms with van der Waals surface area (Å²) in [7, 11) is 0. The molecule has 0 aromatic heterocycles. The summed E-state index contributed by atoms with van der Waals surface area (Å²) in [4.78, 5) is 12.3. The van der Waals surface area contributed by atoms with Crippen LogP contribution in [0.25, 0.3) is 0 Å². The Bertz CT molecular complexity index is 411. The van der Waals surface area contributed by atoms with E-state index in [1.54, 1.807) is 0 Å². The summed E-state index contributed by atoms with van der Waals surface area (Å²) >= 11 is 0. The summed E-state index contributed by atoms with van der Waals surface area (Å²) in [5.74, 6) is 0.0351. The van der Waals surface area contributed by atoms with Gasteiger partial charge in [-0.25, -0.2) is 0 Å². The van der Waals surface area contributed by atoms with Crippen molar-refractivity contribution in [3.05, 3.63) is 35.9 Å². The van der Waals surface area contributed by atoms with Gasteiger partial charge in [0, 0.05) is 19.6 Å². The number of hydrogen-bond acceptors (Lipinski definition) is 3. The van der Waals surface area contributed by atoms with Gasteiger partial charge in [0.2, 0.25) is 5.91 Å². The fourth-order valence-electron chi connectivity index (χ4n) is 2.16. The molecule has 1 unspecified atom stereocenters. The van der Waals surface area contributed by atoms with Crippen LogP contribution in [0.3, 0.4) is 0 Å². The van der Waals surface area contributed by atoms with Crippen LogP contribution in [0.2, 0.25) is 0 Å². The number of benzene rings is 1. The van der Waals surface area contributed by atoms with E-state index in [2.05, 4.69) is 10.6 Å². The summed E-state index contributed by atoms with van der Waals surface area (Å²) < 4.78 is 5.57. The molecule has 1 saturated heterocycles. The Labute approximate surface area is 114 Å². The molecule has 0 spiro atoms. The quantitative estimate of drug-likeness (QED) is 0.853. The van der Waals surface area contributed by atoms with E-state index in [1.165, 1.54) is 0 Å². The maximum absolute atomic E-state index is 12.3. The minimum Gasteiger partial charge on any atom is -0.374 e. The van der Waals surface area contributed by atoms with Crippen LogP contribution in [0, 0.1) is 0 Å². The Morgan fingerprint density at radius 1 is 1.42 bits per heavy atom. The average molecular weight is 262 g/mol. The summed E-state index contributed by atoms with van der Waals surface area (Å²) in [6, 6.07) is 9.84. The molecule has 0 aliphatic carbocycles. The molecule has 1 aromatic rings. The van der Waals surface area contributed by atoms with E-state index < -0.39 is 5.41 Å². The highest BCUT2D eigenvalue weighted by molar-refractivity contribution is 5.87. The lowest BCUT2D eigenvalue weighted by molar-refractivity contribution is -0.126. The van der Waals surface area contributed by atoms with Gasteiger partial charge in [0.1, 0.15) is 0 Å². The van der Waals surface area contributed by atoms with Crippen LogP contribution >= 0.6 is 0 Å². The van der Waals surface area contributed by atoms with Crippen molar-refractivity contribution in [1.82, 2.24) is 10.6 Å². The highest BCUT2D eigenvalue weighted by atomic mass is 16.5.